The second-order valence-corrected chi connectivity index (χ2v) is 6.38. The lowest BCUT2D eigenvalue weighted by Crippen LogP contribution is -2.06. The Balaban J connectivity index is 1.58. The SMILES string of the molecule is COC(=O)c1ccc(COC(=O)c2cccc(OCc3c(C)noc3C)c2)cc1. The van der Waals surface area contributed by atoms with E-state index in [1.165, 1.54) is 7.11 Å². The predicted molar refractivity (Wildman–Crippen MR) is 104 cm³/mol. The Kier molecular flexibility index (Phi) is 6.29. The zero-order chi connectivity index (χ0) is 20.8. The van der Waals surface area contributed by atoms with E-state index in [0.29, 0.717) is 29.2 Å². The van der Waals surface area contributed by atoms with Gasteiger partial charge in [-0.25, -0.2) is 9.59 Å². The number of carbonyl (C=O) groups is 2. The van der Waals surface area contributed by atoms with Gasteiger partial charge in [-0.2, -0.15) is 0 Å². The lowest BCUT2D eigenvalue weighted by atomic mass is 10.1. The molecule has 0 aliphatic rings. The van der Waals surface area contributed by atoms with Gasteiger partial charge in [-0.1, -0.05) is 23.4 Å². The summed E-state index contributed by atoms with van der Waals surface area (Å²) in [6.07, 6.45) is 0. The molecule has 1 heterocycles. The monoisotopic (exact) mass is 395 g/mol. The van der Waals surface area contributed by atoms with E-state index in [9.17, 15) is 9.59 Å². The summed E-state index contributed by atoms with van der Waals surface area (Å²) in [5.41, 5.74) is 3.24. The molecule has 0 fully saturated rings. The summed E-state index contributed by atoms with van der Waals surface area (Å²) in [4.78, 5) is 23.8. The summed E-state index contributed by atoms with van der Waals surface area (Å²) < 4.78 is 20.9. The highest BCUT2D eigenvalue weighted by Gasteiger charge is 2.12. The van der Waals surface area contributed by atoms with Crippen molar-refractivity contribution < 1.29 is 28.3 Å². The maximum absolute atomic E-state index is 12.4. The van der Waals surface area contributed by atoms with E-state index in [-0.39, 0.29) is 6.61 Å². The van der Waals surface area contributed by atoms with Crippen LogP contribution in [-0.2, 0) is 22.7 Å². The summed E-state index contributed by atoms with van der Waals surface area (Å²) >= 11 is 0. The Labute approximate surface area is 168 Å². The fraction of sp³-hybridized carbons (Fsp3) is 0.227. The number of aromatic nitrogens is 1. The van der Waals surface area contributed by atoms with Crippen LogP contribution in [0, 0.1) is 13.8 Å². The molecule has 0 aliphatic carbocycles. The van der Waals surface area contributed by atoms with Crippen molar-refractivity contribution in [3.05, 3.63) is 82.2 Å². The van der Waals surface area contributed by atoms with E-state index in [1.807, 2.05) is 13.8 Å². The van der Waals surface area contributed by atoms with Crippen LogP contribution in [0.1, 0.15) is 43.3 Å². The molecule has 0 aliphatic heterocycles. The number of benzene rings is 2. The maximum atomic E-state index is 12.4. The van der Waals surface area contributed by atoms with Crippen LogP contribution in [0.5, 0.6) is 5.75 Å². The second-order valence-electron chi connectivity index (χ2n) is 6.38. The van der Waals surface area contributed by atoms with Crippen molar-refractivity contribution >= 4 is 11.9 Å². The molecule has 7 heteroatoms. The first kappa shape index (κ1) is 20.1. The summed E-state index contributed by atoms with van der Waals surface area (Å²) in [5.74, 6) is 0.366. The second kappa shape index (κ2) is 9.05. The molecule has 0 amide bonds. The molecule has 7 nitrogen and oxygen atoms in total. The molecule has 0 unspecified atom stereocenters. The van der Waals surface area contributed by atoms with Crippen molar-refractivity contribution in [3.8, 4) is 5.75 Å². The van der Waals surface area contributed by atoms with Gasteiger partial charge in [-0.05, 0) is 49.7 Å². The number of hydrogen-bond acceptors (Lipinski definition) is 7. The number of carbonyl (C=O) groups excluding carboxylic acids is 2. The maximum Gasteiger partial charge on any atom is 0.338 e. The Morgan fingerprint density at radius 1 is 0.966 bits per heavy atom. The molecule has 0 N–H and O–H groups in total. The zero-order valence-corrected chi connectivity index (χ0v) is 16.4. The molecule has 29 heavy (non-hydrogen) atoms. The van der Waals surface area contributed by atoms with Crippen LogP contribution in [0.4, 0.5) is 0 Å². The average Bonchev–Trinajstić information content (AvgIpc) is 3.07. The highest BCUT2D eigenvalue weighted by molar-refractivity contribution is 5.90. The molecule has 0 spiro atoms. The first-order chi connectivity index (χ1) is 14.0. The number of methoxy groups -OCH3 is 1. The molecule has 0 saturated carbocycles. The van der Waals surface area contributed by atoms with E-state index in [2.05, 4.69) is 9.89 Å². The molecule has 0 saturated heterocycles. The number of rotatable bonds is 7. The molecule has 150 valence electrons. The van der Waals surface area contributed by atoms with Crippen LogP contribution >= 0.6 is 0 Å². The Bertz CT molecular complexity index is 987. The lowest BCUT2D eigenvalue weighted by Gasteiger charge is -2.09. The third kappa shape index (κ3) is 5.01. The molecule has 0 radical (unpaired) electrons. The van der Waals surface area contributed by atoms with Crippen LogP contribution in [0.15, 0.2) is 53.1 Å². The zero-order valence-electron chi connectivity index (χ0n) is 16.4. The third-order valence-electron chi connectivity index (χ3n) is 4.38. The first-order valence-electron chi connectivity index (χ1n) is 8.97. The lowest BCUT2D eigenvalue weighted by molar-refractivity contribution is 0.0471. The smallest absolute Gasteiger partial charge is 0.338 e. The molecular formula is C22H21NO6. The topological polar surface area (TPSA) is 87.9 Å². The molecular weight excluding hydrogens is 374 g/mol. The predicted octanol–water partition coefficient (Wildman–Crippen LogP) is 4.01. The van der Waals surface area contributed by atoms with Gasteiger partial charge in [0.25, 0.3) is 0 Å². The van der Waals surface area contributed by atoms with Crippen LogP contribution in [0.25, 0.3) is 0 Å². The number of ether oxygens (including phenoxy) is 3. The van der Waals surface area contributed by atoms with Gasteiger partial charge >= 0.3 is 11.9 Å². The number of hydrogen-bond donors (Lipinski definition) is 0. The minimum absolute atomic E-state index is 0.0877. The van der Waals surface area contributed by atoms with Gasteiger partial charge in [0.05, 0.1) is 29.5 Å². The van der Waals surface area contributed by atoms with Crippen molar-refractivity contribution in [2.75, 3.05) is 7.11 Å². The standard InChI is InChI=1S/C22H21NO6/c1-14-20(15(2)29-23-14)13-27-19-6-4-5-18(11-19)22(25)28-12-16-7-9-17(10-8-16)21(24)26-3/h4-11H,12-13H2,1-3H3. The van der Waals surface area contributed by atoms with Crippen molar-refractivity contribution in [1.29, 1.82) is 0 Å². The quantitative estimate of drug-likeness (QED) is 0.559. The molecule has 2 aromatic carbocycles. The van der Waals surface area contributed by atoms with Crippen molar-refractivity contribution in [3.63, 3.8) is 0 Å². The Morgan fingerprint density at radius 2 is 1.72 bits per heavy atom. The Morgan fingerprint density at radius 3 is 2.38 bits per heavy atom. The van der Waals surface area contributed by atoms with Crippen LogP contribution in [0.2, 0.25) is 0 Å². The summed E-state index contributed by atoms with van der Waals surface area (Å²) in [7, 11) is 1.32. The highest BCUT2D eigenvalue weighted by atomic mass is 16.5. The van der Waals surface area contributed by atoms with E-state index in [0.717, 1.165) is 16.8 Å². The minimum atomic E-state index is -0.468. The average molecular weight is 395 g/mol. The van der Waals surface area contributed by atoms with Gasteiger partial charge < -0.3 is 18.7 Å². The third-order valence-corrected chi connectivity index (χ3v) is 4.38. The van der Waals surface area contributed by atoms with Crippen LogP contribution < -0.4 is 4.74 Å². The Hall–Kier alpha value is -3.61. The van der Waals surface area contributed by atoms with Gasteiger partial charge in [-0.15, -0.1) is 0 Å². The molecule has 1 aromatic heterocycles. The summed E-state index contributed by atoms with van der Waals surface area (Å²) in [5, 5.41) is 3.89. The highest BCUT2D eigenvalue weighted by Crippen LogP contribution is 2.19. The normalized spacial score (nSPS) is 10.4. The number of nitrogens with zero attached hydrogens (tertiary/aromatic N) is 1. The summed E-state index contributed by atoms with van der Waals surface area (Å²) in [6.45, 7) is 4.06. The largest absolute Gasteiger partial charge is 0.489 e. The summed E-state index contributed by atoms with van der Waals surface area (Å²) in [6, 6.07) is 13.4. The molecule has 0 bridgehead atoms. The number of aryl methyl sites for hydroxylation is 2. The first-order valence-corrected chi connectivity index (χ1v) is 8.97. The fourth-order valence-electron chi connectivity index (χ4n) is 2.66. The van der Waals surface area contributed by atoms with Crippen molar-refractivity contribution in [2.45, 2.75) is 27.1 Å². The molecule has 3 aromatic rings. The van der Waals surface area contributed by atoms with Gasteiger partial charge in [0.15, 0.2) is 0 Å². The van der Waals surface area contributed by atoms with Gasteiger partial charge in [0.2, 0.25) is 0 Å². The molecule has 3 rings (SSSR count). The van der Waals surface area contributed by atoms with Gasteiger partial charge in [-0.3, -0.25) is 0 Å². The van der Waals surface area contributed by atoms with E-state index >= 15 is 0 Å². The fourth-order valence-corrected chi connectivity index (χ4v) is 2.66. The van der Waals surface area contributed by atoms with E-state index in [4.69, 9.17) is 14.0 Å². The van der Waals surface area contributed by atoms with Gasteiger partial charge in [0.1, 0.15) is 24.7 Å². The van der Waals surface area contributed by atoms with E-state index < -0.39 is 11.9 Å². The van der Waals surface area contributed by atoms with Crippen LogP contribution in [-0.4, -0.2) is 24.2 Å². The van der Waals surface area contributed by atoms with Gasteiger partial charge in [0, 0.05) is 0 Å². The van der Waals surface area contributed by atoms with Crippen molar-refractivity contribution in [2.24, 2.45) is 0 Å². The minimum Gasteiger partial charge on any atom is -0.489 e. The van der Waals surface area contributed by atoms with Crippen molar-refractivity contribution in [1.82, 2.24) is 5.16 Å². The molecule has 0 atom stereocenters. The number of esters is 2. The van der Waals surface area contributed by atoms with E-state index in [1.54, 1.807) is 48.5 Å². The van der Waals surface area contributed by atoms with Crippen LogP contribution in [0.3, 0.4) is 0 Å².